The fourth-order valence-corrected chi connectivity index (χ4v) is 2.03. The average molecular weight is 297 g/mol. The maximum atomic E-state index is 12.2. The van der Waals surface area contributed by atoms with Gasteiger partial charge in [0.2, 0.25) is 0 Å². The lowest BCUT2D eigenvalue weighted by atomic mass is 10.1. The number of ketones is 1. The second-order valence-corrected chi connectivity index (χ2v) is 4.69. The van der Waals surface area contributed by atoms with E-state index in [9.17, 15) is 9.59 Å². The van der Waals surface area contributed by atoms with Gasteiger partial charge in [-0.05, 0) is 32.0 Å². The predicted octanol–water partition coefficient (Wildman–Crippen LogP) is 3.06. The van der Waals surface area contributed by atoms with Crippen LogP contribution >= 0.6 is 0 Å². The van der Waals surface area contributed by atoms with Crippen LogP contribution in [0.5, 0.6) is 0 Å². The summed E-state index contributed by atoms with van der Waals surface area (Å²) in [5, 5.41) is 8.74. The van der Waals surface area contributed by atoms with Gasteiger partial charge in [-0.2, -0.15) is 5.26 Å². The summed E-state index contributed by atoms with van der Waals surface area (Å²) >= 11 is 0. The Morgan fingerprint density at radius 1 is 1.27 bits per heavy atom. The third-order valence-corrected chi connectivity index (χ3v) is 3.13. The molecule has 5 nitrogen and oxygen atoms in total. The summed E-state index contributed by atoms with van der Waals surface area (Å²) in [5.41, 5.74) is 1.32. The first kappa shape index (κ1) is 15.5. The van der Waals surface area contributed by atoms with E-state index < -0.39 is 5.97 Å². The van der Waals surface area contributed by atoms with Gasteiger partial charge in [0.25, 0.3) is 0 Å². The van der Waals surface area contributed by atoms with E-state index in [2.05, 4.69) is 0 Å². The number of Topliss-reactive ketones (excluding diaryl/α,β-unsaturated/α-hetero) is 1. The summed E-state index contributed by atoms with van der Waals surface area (Å²) in [6, 6.07) is 9.91. The van der Waals surface area contributed by atoms with Crippen LogP contribution in [0.25, 0.3) is 0 Å². The highest BCUT2D eigenvalue weighted by Gasteiger charge is 2.18. The Morgan fingerprint density at radius 2 is 1.95 bits per heavy atom. The Hall–Kier alpha value is -2.87. The van der Waals surface area contributed by atoms with E-state index in [-0.39, 0.29) is 18.8 Å². The van der Waals surface area contributed by atoms with Gasteiger partial charge in [0.05, 0.1) is 24.7 Å². The molecule has 0 aliphatic rings. The van der Waals surface area contributed by atoms with Crippen molar-refractivity contribution in [3.63, 3.8) is 0 Å². The normalized spacial score (nSPS) is 10.0. The molecule has 0 aliphatic heterocycles. The van der Waals surface area contributed by atoms with Gasteiger partial charge in [-0.15, -0.1) is 0 Å². The summed E-state index contributed by atoms with van der Waals surface area (Å²) in [6.45, 7) is 3.66. The lowest BCUT2D eigenvalue weighted by Crippen LogP contribution is -2.05. The molecule has 0 atom stereocenters. The van der Waals surface area contributed by atoms with Crippen LogP contribution in [0, 0.1) is 18.3 Å². The van der Waals surface area contributed by atoms with Crippen LogP contribution < -0.4 is 0 Å². The minimum absolute atomic E-state index is 0.0478. The minimum atomic E-state index is -0.458. The lowest BCUT2D eigenvalue weighted by Gasteiger charge is -1.98. The molecule has 0 saturated carbocycles. The number of aryl methyl sites for hydroxylation is 1. The Labute approximate surface area is 128 Å². The maximum Gasteiger partial charge on any atom is 0.341 e. The van der Waals surface area contributed by atoms with Crippen molar-refractivity contribution in [1.82, 2.24) is 0 Å². The highest BCUT2D eigenvalue weighted by molar-refractivity contribution is 5.97. The van der Waals surface area contributed by atoms with Crippen LogP contribution in [0.15, 0.2) is 34.7 Å². The fourth-order valence-electron chi connectivity index (χ4n) is 2.03. The van der Waals surface area contributed by atoms with Gasteiger partial charge in [0.15, 0.2) is 5.78 Å². The number of esters is 1. The highest BCUT2D eigenvalue weighted by atomic mass is 16.5. The van der Waals surface area contributed by atoms with Crippen molar-refractivity contribution in [1.29, 1.82) is 5.26 Å². The Balaban J connectivity index is 2.13. The molecule has 0 N–H and O–H groups in total. The van der Waals surface area contributed by atoms with Gasteiger partial charge in [-0.3, -0.25) is 4.79 Å². The molecule has 1 aromatic carbocycles. The van der Waals surface area contributed by atoms with Crippen LogP contribution in [0.2, 0.25) is 0 Å². The van der Waals surface area contributed by atoms with E-state index >= 15 is 0 Å². The van der Waals surface area contributed by atoms with Crippen LogP contribution in [0.1, 0.15) is 44.7 Å². The van der Waals surface area contributed by atoms with Crippen molar-refractivity contribution in [2.24, 2.45) is 0 Å². The fraction of sp³-hybridized carbons (Fsp3) is 0.235. The Morgan fingerprint density at radius 3 is 2.55 bits per heavy atom. The van der Waals surface area contributed by atoms with Crippen molar-refractivity contribution in [2.45, 2.75) is 20.3 Å². The number of hydrogen-bond acceptors (Lipinski definition) is 5. The molecule has 1 heterocycles. The average Bonchev–Trinajstić information content (AvgIpc) is 2.88. The first-order valence-electron chi connectivity index (χ1n) is 6.85. The molecule has 0 saturated heterocycles. The monoisotopic (exact) mass is 297 g/mol. The standard InChI is InChI=1S/C17H15NO4/c1-3-21-17(20)15-8-14(22-11(15)2)9-16(19)13-6-4-12(10-18)5-7-13/h4-8H,3,9H2,1-2H3. The first-order valence-corrected chi connectivity index (χ1v) is 6.85. The number of benzene rings is 1. The molecular formula is C17H15NO4. The zero-order valence-electron chi connectivity index (χ0n) is 12.4. The summed E-state index contributed by atoms with van der Waals surface area (Å²) in [6.07, 6.45) is 0.0478. The predicted molar refractivity (Wildman–Crippen MR) is 78.6 cm³/mol. The third kappa shape index (κ3) is 3.41. The summed E-state index contributed by atoms with van der Waals surface area (Å²) in [4.78, 5) is 23.9. The third-order valence-electron chi connectivity index (χ3n) is 3.13. The minimum Gasteiger partial charge on any atom is -0.465 e. The van der Waals surface area contributed by atoms with E-state index in [1.807, 2.05) is 6.07 Å². The largest absolute Gasteiger partial charge is 0.465 e. The number of nitriles is 1. The van der Waals surface area contributed by atoms with Crippen molar-refractivity contribution >= 4 is 11.8 Å². The molecule has 2 aromatic rings. The van der Waals surface area contributed by atoms with Gasteiger partial charge < -0.3 is 9.15 Å². The number of nitrogens with zero attached hydrogens (tertiary/aromatic N) is 1. The van der Waals surface area contributed by atoms with Gasteiger partial charge in [-0.1, -0.05) is 12.1 Å². The zero-order chi connectivity index (χ0) is 16.1. The molecule has 0 bridgehead atoms. The smallest absolute Gasteiger partial charge is 0.341 e. The Bertz CT molecular complexity index is 735. The van der Waals surface area contributed by atoms with Crippen molar-refractivity contribution in [3.8, 4) is 6.07 Å². The van der Waals surface area contributed by atoms with Gasteiger partial charge in [-0.25, -0.2) is 4.79 Å². The van der Waals surface area contributed by atoms with Crippen LogP contribution in [-0.4, -0.2) is 18.4 Å². The van der Waals surface area contributed by atoms with Crippen LogP contribution in [-0.2, 0) is 11.2 Å². The summed E-state index contributed by atoms with van der Waals surface area (Å²) in [7, 11) is 0. The number of hydrogen-bond donors (Lipinski definition) is 0. The van der Waals surface area contributed by atoms with Gasteiger partial charge >= 0.3 is 5.97 Å². The molecule has 112 valence electrons. The Kier molecular flexibility index (Phi) is 4.74. The zero-order valence-corrected chi connectivity index (χ0v) is 12.4. The van der Waals surface area contributed by atoms with Crippen molar-refractivity contribution in [3.05, 3.63) is 58.5 Å². The molecule has 0 unspecified atom stereocenters. The van der Waals surface area contributed by atoms with E-state index in [1.54, 1.807) is 38.1 Å². The molecule has 0 radical (unpaired) electrons. The number of furan rings is 1. The van der Waals surface area contributed by atoms with Crippen molar-refractivity contribution < 1.29 is 18.7 Å². The topological polar surface area (TPSA) is 80.3 Å². The molecular weight excluding hydrogens is 282 g/mol. The van der Waals surface area contributed by atoms with E-state index in [0.717, 1.165) is 0 Å². The first-order chi connectivity index (χ1) is 10.5. The second kappa shape index (κ2) is 6.72. The SMILES string of the molecule is CCOC(=O)c1cc(CC(=O)c2ccc(C#N)cc2)oc1C. The quantitative estimate of drug-likeness (QED) is 0.626. The molecule has 0 spiro atoms. The van der Waals surface area contributed by atoms with E-state index in [1.165, 1.54) is 6.07 Å². The van der Waals surface area contributed by atoms with Crippen LogP contribution in [0.3, 0.4) is 0 Å². The molecule has 2 rings (SSSR count). The second-order valence-electron chi connectivity index (χ2n) is 4.69. The molecule has 1 aromatic heterocycles. The van der Waals surface area contributed by atoms with Crippen molar-refractivity contribution in [2.75, 3.05) is 6.61 Å². The number of carbonyl (C=O) groups is 2. The molecule has 5 heteroatoms. The molecule has 22 heavy (non-hydrogen) atoms. The lowest BCUT2D eigenvalue weighted by molar-refractivity contribution is 0.0524. The molecule has 0 fully saturated rings. The number of ether oxygens (including phenoxy) is 1. The van der Waals surface area contributed by atoms with Gasteiger partial charge in [0.1, 0.15) is 17.1 Å². The van der Waals surface area contributed by atoms with E-state index in [0.29, 0.717) is 28.2 Å². The van der Waals surface area contributed by atoms with Crippen LogP contribution in [0.4, 0.5) is 0 Å². The maximum absolute atomic E-state index is 12.2. The summed E-state index contributed by atoms with van der Waals surface area (Å²) in [5.74, 6) is 0.241. The summed E-state index contributed by atoms with van der Waals surface area (Å²) < 4.78 is 10.4. The molecule has 0 amide bonds. The highest BCUT2D eigenvalue weighted by Crippen LogP contribution is 2.18. The number of rotatable bonds is 5. The van der Waals surface area contributed by atoms with E-state index in [4.69, 9.17) is 14.4 Å². The molecule has 0 aliphatic carbocycles. The number of carbonyl (C=O) groups excluding carboxylic acids is 2. The van der Waals surface area contributed by atoms with Gasteiger partial charge in [0, 0.05) is 5.56 Å².